The van der Waals surface area contributed by atoms with Gasteiger partial charge in [0, 0.05) is 13.6 Å². The molecule has 0 bridgehead atoms. The predicted molar refractivity (Wildman–Crippen MR) is 102 cm³/mol. The largest absolute Gasteiger partial charge is 0.463 e. The highest BCUT2D eigenvalue weighted by Gasteiger charge is 2.19. The van der Waals surface area contributed by atoms with E-state index < -0.39 is 6.10 Å². The molecule has 27 heavy (non-hydrogen) atoms. The van der Waals surface area contributed by atoms with Gasteiger partial charge in [-0.3, -0.25) is 4.79 Å². The summed E-state index contributed by atoms with van der Waals surface area (Å²) in [4.78, 5) is 18.5. The molecule has 0 fully saturated rings. The summed E-state index contributed by atoms with van der Waals surface area (Å²) < 4.78 is 16.1. The lowest BCUT2D eigenvalue weighted by Crippen LogP contribution is -2.37. The molecular weight excluding hydrogens is 348 g/mol. The van der Waals surface area contributed by atoms with Crippen LogP contribution in [0, 0.1) is 6.92 Å². The minimum absolute atomic E-state index is 0.147. The van der Waals surface area contributed by atoms with Crippen molar-refractivity contribution in [3.8, 4) is 11.5 Å². The number of ether oxygens (including phenoxy) is 2. The highest BCUT2D eigenvalue weighted by atomic mass is 16.5. The Labute approximate surface area is 159 Å². The van der Waals surface area contributed by atoms with Crippen LogP contribution in [0.3, 0.4) is 0 Å². The van der Waals surface area contributed by atoms with Crippen LogP contribution < -0.4 is 0 Å². The van der Waals surface area contributed by atoms with Gasteiger partial charge < -0.3 is 23.9 Å². The van der Waals surface area contributed by atoms with Gasteiger partial charge in [0.2, 0.25) is 0 Å². The van der Waals surface area contributed by atoms with Gasteiger partial charge in [-0.25, -0.2) is 4.98 Å². The maximum absolute atomic E-state index is 12.6. The van der Waals surface area contributed by atoms with Crippen LogP contribution in [-0.2, 0) is 9.47 Å². The number of aryl methyl sites for hydroxylation is 1. The number of nitrogens with zero attached hydrogens (tertiary/aromatic N) is 2. The van der Waals surface area contributed by atoms with E-state index in [1.54, 1.807) is 38.4 Å². The van der Waals surface area contributed by atoms with Crippen LogP contribution in [0.25, 0.3) is 11.5 Å². The molecule has 1 N–H and O–H groups in total. The number of aliphatic hydroxyl groups is 1. The second-order valence-corrected chi connectivity index (χ2v) is 6.64. The molecular formula is C20H28N2O5. The number of carbonyl (C=O) groups excluding carboxylic acids is 1. The molecule has 0 unspecified atom stereocenters. The van der Waals surface area contributed by atoms with E-state index in [0.29, 0.717) is 35.9 Å². The number of hydrogen-bond donors (Lipinski definition) is 1. The molecule has 0 aromatic carbocycles. The molecule has 1 atom stereocenters. The molecule has 2 aromatic heterocycles. The maximum atomic E-state index is 12.6. The lowest BCUT2D eigenvalue weighted by Gasteiger charge is -2.21. The van der Waals surface area contributed by atoms with Crippen molar-refractivity contribution in [2.24, 2.45) is 0 Å². The minimum Gasteiger partial charge on any atom is -0.463 e. The summed E-state index contributed by atoms with van der Waals surface area (Å²) in [6, 6.07) is 7.09. The first-order valence-corrected chi connectivity index (χ1v) is 9.03. The van der Waals surface area contributed by atoms with Crippen molar-refractivity contribution >= 4 is 5.91 Å². The highest BCUT2D eigenvalue weighted by molar-refractivity contribution is 5.95. The van der Waals surface area contributed by atoms with Crippen LogP contribution in [0.5, 0.6) is 0 Å². The van der Waals surface area contributed by atoms with Gasteiger partial charge in [0.1, 0.15) is 5.69 Å². The van der Waals surface area contributed by atoms with Crippen molar-refractivity contribution in [2.45, 2.75) is 33.0 Å². The van der Waals surface area contributed by atoms with Gasteiger partial charge in [-0.15, -0.1) is 0 Å². The summed E-state index contributed by atoms with van der Waals surface area (Å²) >= 11 is 0. The van der Waals surface area contributed by atoms with Gasteiger partial charge in [-0.05, 0) is 45.0 Å². The smallest absolute Gasteiger partial charge is 0.255 e. The summed E-state index contributed by atoms with van der Waals surface area (Å²) in [5.41, 5.74) is 1.78. The summed E-state index contributed by atoms with van der Waals surface area (Å²) in [6.45, 7) is 6.88. The van der Waals surface area contributed by atoms with Gasteiger partial charge in [-0.2, -0.15) is 0 Å². The van der Waals surface area contributed by atoms with E-state index in [0.717, 1.165) is 0 Å². The molecule has 0 aliphatic carbocycles. The van der Waals surface area contributed by atoms with Crippen LogP contribution in [0.2, 0.25) is 0 Å². The Morgan fingerprint density at radius 3 is 2.70 bits per heavy atom. The molecule has 2 aromatic rings. The van der Waals surface area contributed by atoms with Crippen molar-refractivity contribution in [1.82, 2.24) is 9.88 Å². The molecule has 148 valence electrons. The van der Waals surface area contributed by atoms with Crippen molar-refractivity contribution in [1.29, 1.82) is 0 Å². The number of amides is 1. The molecule has 2 rings (SSSR count). The molecule has 0 aliphatic heterocycles. The van der Waals surface area contributed by atoms with E-state index in [1.165, 1.54) is 4.90 Å². The second-order valence-electron chi connectivity index (χ2n) is 6.64. The second kappa shape index (κ2) is 10.2. The molecule has 7 heteroatoms. The van der Waals surface area contributed by atoms with Gasteiger partial charge in [0.25, 0.3) is 5.91 Å². The van der Waals surface area contributed by atoms with E-state index in [9.17, 15) is 9.90 Å². The van der Waals surface area contributed by atoms with Gasteiger partial charge >= 0.3 is 0 Å². The average Bonchev–Trinajstić information content (AvgIpc) is 3.15. The van der Waals surface area contributed by atoms with Crippen molar-refractivity contribution < 1.29 is 23.8 Å². The SMILES string of the molecule is Cc1nc(-c2ccco2)ccc1C(=O)N(C)C[C@@H](O)COCCOC(C)C. The maximum Gasteiger partial charge on any atom is 0.255 e. The first kappa shape index (κ1) is 21.1. The lowest BCUT2D eigenvalue weighted by molar-refractivity contribution is -0.0160. The summed E-state index contributed by atoms with van der Waals surface area (Å²) in [5.74, 6) is 0.452. The zero-order valence-electron chi connectivity index (χ0n) is 16.3. The quantitative estimate of drug-likeness (QED) is 0.642. The molecule has 0 saturated carbocycles. The van der Waals surface area contributed by atoms with E-state index in [-0.39, 0.29) is 25.2 Å². The van der Waals surface area contributed by atoms with Gasteiger partial charge in [0.05, 0.1) is 49.5 Å². The van der Waals surface area contributed by atoms with Crippen LogP contribution in [0.1, 0.15) is 29.9 Å². The molecule has 7 nitrogen and oxygen atoms in total. The number of aliphatic hydroxyl groups excluding tert-OH is 1. The number of aromatic nitrogens is 1. The zero-order valence-corrected chi connectivity index (χ0v) is 16.3. The third-order valence-corrected chi connectivity index (χ3v) is 3.91. The van der Waals surface area contributed by atoms with Crippen molar-refractivity contribution in [2.75, 3.05) is 33.4 Å². The Kier molecular flexibility index (Phi) is 7.97. The number of furan rings is 1. The van der Waals surface area contributed by atoms with E-state index in [2.05, 4.69) is 4.98 Å². The Balaban J connectivity index is 1.85. The Bertz CT molecular complexity index is 715. The number of likely N-dealkylation sites (N-methyl/N-ethyl adjacent to an activating group) is 1. The average molecular weight is 376 g/mol. The number of hydrogen-bond acceptors (Lipinski definition) is 6. The normalized spacial score (nSPS) is 12.4. The Morgan fingerprint density at radius 2 is 2.07 bits per heavy atom. The van der Waals surface area contributed by atoms with Crippen LogP contribution in [-0.4, -0.2) is 66.5 Å². The van der Waals surface area contributed by atoms with E-state index in [4.69, 9.17) is 13.9 Å². The first-order valence-electron chi connectivity index (χ1n) is 9.03. The molecule has 2 heterocycles. The molecule has 0 spiro atoms. The monoisotopic (exact) mass is 376 g/mol. The fourth-order valence-electron chi connectivity index (χ4n) is 2.57. The van der Waals surface area contributed by atoms with Crippen LogP contribution in [0.4, 0.5) is 0 Å². The summed E-state index contributed by atoms with van der Waals surface area (Å²) in [7, 11) is 1.65. The van der Waals surface area contributed by atoms with E-state index in [1.807, 2.05) is 19.9 Å². The molecule has 0 aliphatic rings. The number of carbonyl (C=O) groups is 1. The Morgan fingerprint density at radius 1 is 1.30 bits per heavy atom. The lowest BCUT2D eigenvalue weighted by atomic mass is 10.1. The van der Waals surface area contributed by atoms with Gasteiger partial charge in [-0.1, -0.05) is 0 Å². The van der Waals surface area contributed by atoms with E-state index >= 15 is 0 Å². The topological polar surface area (TPSA) is 85.0 Å². The van der Waals surface area contributed by atoms with Crippen LogP contribution in [0.15, 0.2) is 34.9 Å². The molecule has 0 saturated heterocycles. The van der Waals surface area contributed by atoms with Crippen molar-refractivity contribution in [3.05, 3.63) is 41.8 Å². The summed E-state index contributed by atoms with van der Waals surface area (Å²) in [6.07, 6.45) is 0.962. The number of rotatable bonds is 10. The third-order valence-electron chi connectivity index (χ3n) is 3.91. The Hall–Kier alpha value is -2.22. The van der Waals surface area contributed by atoms with Crippen molar-refractivity contribution in [3.63, 3.8) is 0 Å². The fraction of sp³-hybridized carbons (Fsp3) is 0.500. The number of pyridine rings is 1. The fourth-order valence-corrected chi connectivity index (χ4v) is 2.57. The van der Waals surface area contributed by atoms with Crippen LogP contribution >= 0.6 is 0 Å². The summed E-state index contributed by atoms with van der Waals surface area (Å²) in [5, 5.41) is 10.1. The third kappa shape index (κ3) is 6.46. The first-order chi connectivity index (χ1) is 12.9. The zero-order chi connectivity index (χ0) is 19.8. The minimum atomic E-state index is -0.770. The predicted octanol–water partition coefficient (Wildman–Crippen LogP) is 2.52. The molecule has 0 radical (unpaired) electrons. The highest BCUT2D eigenvalue weighted by Crippen LogP contribution is 2.20. The standard InChI is InChI=1S/C20H28N2O5/c1-14(2)26-11-10-25-13-16(23)12-22(4)20(24)17-7-8-18(21-15(17)3)19-6-5-9-27-19/h5-9,14,16,23H,10-13H2,1-4H3/t16-/m1/s1. The van der Waals surface area contributed by atoms with Gasteiger partial charge in [0.15, 0.2) is 5.76 Å². The molecule has 1 amide bonds.